The number of nitriles is 1. The summed E-state index contributed by atoms with van der Waals surface area (Å²) in [7, 11) is 1.54. The smallest absolute Gasteiger partial charge is 0.410 e. The normalized spacial score (nSPS) is 23.8. The molecule has 8 nitrogen and oxygen atoms in total. The average molecular weight is 475 g/mol. The Balaban J connectivity index is 1.67. The third-order valence-electron chi connectivity index (χ3n) is 6.91. The van der Waals surface area contributed by atoms with E-state index < -0.39 is 35.0 Å². The van der Waals surface area contributed by atoms with Crippen LogP contribution in [-0.2, 0) is 26.2 Å². The number of ether oxygens (including phenoxy) is 1. The fourth-order valence-corrected chi connectivity index (χ4v) is 5.21. The Morgan fingerprint density at radius 3 is 2.66 bits per heavy atom. The number of ketones is 1. The summed E-state index contributed by atoms with van der Waals surface area (Å²) in [6.07, 6.45) is 3.39. The van der Waals surface area contributed by atoms with Gasteiger partial charge in [-0.25, -0.2) is 4.79 Å². The predicted octanol–water partition coefficient (Wildman–Crippen LogP) is 3.87. The van der Waals surface area contributed by atoms with Gasteiger partial charge in [0.2, 0.25) is 5.91 Å². The number of para-hydroxylation sites is 1. The molecular weight excluding hydrogens is 444 g/mol. The highest BCUT2D eigenvalue weighted by molar-refractivity contribution is 6.07. The molecule has 1 N–H and O–H groups in total. The summed E-state index contributed by atoms with van der Waals surface area (Å²) < 4.78 is 5.53. The molecule has 2 aliphatic rings. The molecule has 8 heteroatoms. The molecule has 2 amide bonds. The lowest BCUT2D eigenvalue weighted by atomic mass is 9.78. The molecular formula is C27H30N4O4. The highest BCUT2D eigenvalue weighted by atomic mass is 16.6. The van der Waals surface area contributed by atoms with Crippen molar-refractivity contribution in [1.29, 1.82) is 5.26 Å². The van der Waals surface area contributed by atoms with Crippen molar-refractivity contribution in [3.8, 4) is 6.07 Å². The Bertz CT molecular complexity index is 1180. The van der Waals surface area contributed by atoms with E-state index in [0.29, 0.717) is 0 Å². The van der Waals surface area contributed by atoms with E-state index in [-0.39, 0.29) is 31.0 Å². The standard InChI is InChI=1S/C27H30N4O4/c1-26(2,3)35-25(34)31(4)22(12-17-8-7-11-29-16-17)23(32)19-14-27(13-18(19)15-28)20-9-5-6-10-21(20)30-24(27)33/h5-11,16,18-19,22H,12-14H2,1-4H3,(H,30,33)/t18-,19?,22-,27-/m0/s1. The lowest BCUT2D eigenvalue weighted by molar-refractivity contribution is -0.128. The summed E-state index contributed by atoms with van der Waals surface area (Å²) in [4.78, 5) is 45.5. The molecule has 1 saturated carbocycles. The number of pyridine rings is 1. The number of anilines is 1. The van der Waals surface area contributed by atoms with Crippen molar-refractivity contribution < 1.29 is 19.1 Å². The van der Waals surface area contributed by atoms with Crippen molar-refractivity contribution in [2.75, 3.05) is 12.4 Å². The third kappa shape index (κ3) is 4.63. The summed E-state index contributed by atoms with van der Waals surface area (Å²) >= 11 is 0. The maximum Gasteiger partial charge on any atom is 0.410 e. The minimum absolute atomic E-state index is 0.182. The van der Waals surface area contributed by atoms with Gasteiger partial charge < -0.3 is 15.0 Å². The van der Waals surface area contributed by atoms with Crippen LogP contribution in [0.5, 0.6) is 0 Å². The van der Waals surface area contributed by atoms with Crippen LogP contribution in [0.25, 0.3) is 0 Å². The molecule has 1 aliphatic carbocycles. The minimum Gasteiger partial charge on any atom is -0.444 e. The monoisotopic (exact) mass is 474 g/mol. The first-order valence-electron chi connectivity index (χ1n) is 11.7. The van der Waals surface area contributed by atoms with Crippen LogP contribution in [0.2, 0.25) is 0 Å². The number of carbonyl (C=O) groups excluding carboxylic acids is 3. The quantitative estimate of drug-likeness (QED) is 0.704. The number of fused-ring (bicyclic) bond motifs is 2. The fourth-order valence-electron chi connectivity index (χ4n) is 5.21. The van der Waals surface area contributed by atoms with Gasteiger partial charge in [0.1, 0.15) is 5.60 Å². The first kappa shape index (κ1) is 24.4. The number of nitrogens with zero attached hydrogens (tertiary/aromatic N) is 3. The van der Waals surface area contributed by atoms with Crippen molar-refractivity contribution in [3.05, 3.63) is 59.9 Å². The van der Waals surface area contributed by atoms with E-state index in [1.54, 1.807) is 39.2 Å². The first-order chi connectivity index (χ1) is 16.6. The third-order valence-corrected chi connectivity index (χ3v) is 6.91. The van der Waals surface area contributed by atoms with Gasteiger partial charge in [-0.1, -0.05) is 24.3 Å². The summed E-state index contributed by atoms with van der Waals surface area (Å²) in [6, 6.07) is 12.4. The molecule has 0 radical (unpaired) electrons. The first-order valence-corrected chi connectivity index (χ1v) is 11.7. The number of likely N-dealkylation sites (N-methyl/N-ethyl adjacent to an activating group) is 1. The zero-order valence-corrected chi connectivity index (χ0v) is 20.4. The Kier molecular flexibility index (Phi) is 6.37. The van der Waals surface area contributed by atoms with Crippen LogP contribution in [0, 0.1) is 23.2 Å². The van der Waals surface area contributed by atoms with Gasteiger partial charge in [-0.2, -0.15) is 5.26 Å². The number of carbonyl (C=O) groups is 3. The molecule has 2 aromatic rings. The molecule has 1 spiro atoms. The van der Waals surface area contributed by atoms with E-state index in [1.165, 1.54) is 11.9 Å². The number of aromatic nitrogens is 1. The molecule has 1 aromatic carbocycles. The van der Waals surface area contributed by atoms with E-state index >= 15 is 0 Å². The van der Waals surface area contributed by atoms with Gasteiger partial charge in [0.15, 0.2) is 5.78 Å². The predicted molar refractivity (Wildman–Crippen MR) is 129 cm³/mol. The summed E-state index contributed by atoms with van der Waals surface area (Å²) in [5, 5.41) is 12.9. The summed E-state index contributed by atoms with van der Waals surface area (Å²) in [6.45, 7) is 5.29. The van der Waals surface area contributed by atoms with E-state index in [4.69, 9.17) is 4.74 Å². The van der Waals surface area contributed by atoms with E-state index in [2.05, 4.69) is 16.4 Å². The maximum atomic E-state index is 14.0. The van der Waals surface area contributed by atoms with Crippen LogP contribution in [0.4, 0.5) is 10.5 Å². The van der Waals surface area contributed by atoms with Crippen molar-refractivity contribution >= 4 is 23.5 Å². The molecule has 1 aromatic heterocycles. The second-order valence-corrected chi connectivity index (χ2v) is 10.4. The van der Waals surface area contributed by atoms with Crippen molar-refractivity contribution in [2.45, 2.75) is 57.1 Å². The summed E-state index contributed by atoms with van der Waals surface area (Å²) in [5.74, 6) is -1.78. The highest BCUT2D eigenvalue weighted by Crippen LogP contribution is 2.53. The Morgan fingerprint density at radius 2 is 2.00 bits per heavy atom. The molecule has 35 heavy (non-hydrogen) atoms. The number of hydrogen-bond acceptors (Lipinski definition) is 6. The van der Waals surface area contributed by atoms with Crippen LogP contribution in [0.1, 0.15) is 44.7 Å². The zero-order chi connectivity index (χ0) is 25.4. The Labute approximate surface area is 205 Å². The number of Topliss-reactive ketones (excluding diaryl/α,β-unsaturated/α-hetero) is 1. The molecule has 1 aliphatic heterocycles. The van der Waals surface area contributed by atoms with E-state index in [1.807, 2.05) is 30.3 Å². The van der Waals surface area contributed by atoms with Crippen molar-refractivity contribution in [2.24, 2.45) is 11.8 Å². The average Bonchev–Trinajstić information content (AvgIpc) is 3.34. The maximum absolute atomic E-state index is 14.0. The molecule has 0 saturated heterocycles. The van der Waals surface area contributed by atoms with Gasteiger partial charge in [0.25, 0.3) is 0 Å². The van der Waals surface area contributed by atoms with Crippen LogP contribution in [0.3, 0.4) is 0 Å². The Hall–Kier alpha value is -3.73. The molecule has 0 bridgehead atoms. The second kappa shape index (κ2) is 9.14. The van der Waals surface area contributed by atoms with Gasteiger partial charge >= 0.3 is 6.09 Å². The molecule has 2 heterocycles. The molecule has 1 fully saturated rings. The molecule has 1 unspecified atom stereocenters. The number of benzene rings is 1. The largest absolute Gasteiger partial charge is 0.444 e. The molecule has 4 rings (SSSR count). The SMILES string of the molecule is CN(C(=O)OC(C)(C)C)[C@@H](Cc1cccnc1)C(=O)C1C[C@]2(C[C@H]1C#N)C(=O)Nc1ccccc12. The van der Waals surface area contributed by atoms with Gasteiger partial charge in [0.05, 0.1) is 23.4 Å². The zero-order valence-electron chi connectivity index (χ0n) is 20.4. The molecule has 182 valence electrons. The topological polar surface area (TPSA) is 112 Å². The van der Waals surface area contributed by atoms with Crippen molar-refractivity contribution in [1.82, 2.24) is 9.88 Å². The van der Waals surface area contributed by atoms with Gasteiger partial charge in [-0.3, -0.25) is 14.6 Å². The summed E-state index contributed by atoms with van der Waals surface area (Å²) in [5.41, 5.74) is 0.669. The highest BCUT2D eigenvalue weighted by Gasteiger charge is 2.57. The molecule has 4 atom stereocenters. The van der Waals surface area contributed by atoms with Gasteiger partial charge in [-0.05, 0) is 56.9 Å². The fraction of sp³-hybridized carbons (Fsp3) is 0.444. The van der Waals surface area contributed by atoms with Gasteiger partial charge in [-0.15, -0.1) is 0 Å². The number of rotatable bonds is 5. The van der Waals surface area contributed by atoms with Crippen LogP contribution in [0.15, 0.2) is 48.8 Å². The lowest BCUT2D eigenvalue weighted by Gasteiger charge is -2.32. The van der Waals surface area contributed by atoms with Crippen molar-refractivity contribution in [3.63, 3.8) is 0 Å². The number of amides is 2. The van der Waals surface area contributed by atoms with Crippen LogP contribution in [-0.4, -0.2) is 46.4 Å². The number of hydrogen-bond donors (Lipinski definition) is 1. The number of nitrogens with one attached hydrogen (secondary N) is 1. The van der Waals surface area contributed by atoms with E-state index in [0.717, 1.165) is 16.8 Å². The van der Waals surface area contributed by atoms with Gasteiger partial charge in [0, 0.05) is 37.5 Å². The van der Waals surface area contributed by atoms with Crippen LogP contribution >= 0.6 is 0 Å². The Morgan fingerprint density at radius 1 is 1.26 bits per heavy atom. The lowest BCUT2D eigenvalue weighted by Crippen LogP contribution is -2.48. The van der Waals surface area contributed by atoms with E-state index in [9.17, 15) is 19.6 Å². The second-order valence-electron chi connectivity index (χ2n) is 10.4. The minimum atomic E-state index is -0.930. The van der Waals surface area contributed by atoms with Crippen LogP contribution < -0.4 is 5.32 Å².